The number of rotatable bonds is 7. The zero-order valence-electron chi connectivity index (χ0n) is 11.2. The maximum Gasteiger partial charge on any atom is 0.314 e. The molecule has 3 N–H and O–H groups in total. The molecule has 20 heavy (non-hydrogen) atoms. The van der Waals surface area contributed by atoms with Crippen molar-refractivity contribution in [3.63, 3.8) is 0 Å². The molecule has 1 aromatic rings. The van der Waals surface area contributed by atoms with Crippen molar-refractivity contribution in [1.82, 2.24) is 10.6 Å². The second kappa shape index (κ2) is 8.73. The first kappa shape index (κ1) is 16.7. The number of aliphatic hydroxyl groups is 1. The molecular formula is C13H18ClFN2O3. The molecule has 1 atom stereocenters. The van der Waals surface area contributed by atoms with Gasteiger partial charge in [0, 0.05) is 30.8 Å². The van der Waals surface area contributed by atoms with Gasteiger partial charge in [0.15, 0.2) is 0 Å². The Morgan fingerprint density at radius 1 is 1.50 bits per heavy atom. The standard InChI is InChI=1S/C13H18ClFN2O3/c1-20-8-9(18)7-17-13(19)16-6-5-10-11(14)3-2-4-12(10)15/h2-4,9,18H,5-8H2,1H3,(H2,16,17,19). The first-order valence-electron chi connectivity index (χ1n) is 6.16. The number of carbonyl (C=O) groups is 1. The van der Waals surface area contributed by atoms with Crippen LogP contribution in [0, 0.1) is 5.82 Å². The summed E-state index contributed by atoms with van der Waals surface area (Å²) in [4.78, 5) is 11.4. The minimum absolute atomic E-state index is 0.0835. The summed E-state index contributed by atoms with van der Waals surface area (Å²) in [6, 6.07) is 4.01. The van der Waals surface area contributed by atoms with E-state index in [-0.39, 0.29) is 19.7 Å². The predicted octanol–water partition coefficient (Wildman–Crippen LogP) is 1.33. The van der Waals surface area contributed by atoms with Gasteiger partial charge in [0.1, 0.15) is 5.82 Å². The lowest BCUT2D eigenvalue weighted by Gasteiger charge is -2.12. The van der Waals surface area contributed by atoms with Gasteiger partial charge in [0.2, 0.25) is 0 Å². The van der Waals surface area contributed by atoms with Gasteiger partial charge in [-0.2, -0.15) is 0 Å². The molecule has 0 radical (unpaired) electrons. The molecule has 0 saturated heterocycles. The van der Waals surface area contributed by atoms with Crippen LogP contribution >= 0.6 is 11.6 Å². The summed E-state index contributed by atoms with van der Waals surface area (Å²) in [6.45, 7) is 0.470. The lowest BCUT2D eigenvalue weighted by Crippen LogP contribution is -2.41. The van der Waals surface area contributed by atoms with Crippen LogP contribution in [0.25, 0.3) is 0 Å². The van der Waals surface area contributed by atoms with Gasteiger partial charge < -0.3 is 20.5 Å². The van der Waals surface area contributed by atoms with Gasteiger partial charge in [-0.25, -0.2) is 9.18 Å². The number of aliphatic hydroxyl groups excluding tert-OH is 1. The van der Waals surface area contributed by atoms with Crippen molar-refractivity contribution in [3.8, 4) is 0 Å². The Labute approximate surface area is 122 Å². The molecule has 0 aliphatic heterocycles. The lowest BCUT2D eigenvalue weighted by atomic mass is 10.1. The molecule has 1 unspecified atom stereocenters. The Bertz CT molecular complexity index is 425. The zero-order valence-corrected chi connectivity index (χ0v) is 11.9. The average molecular weight is 305 g/mol. The third kappa shape index (κ3) is 5.73. The molecule has 0 bridgehead atoms. The van der Waals surface area contributed by atoms with Gasteiger partial charge in [-0.3, -0.25) is 0 Å². The number of amides is 2. The van der Waals surface area contributed by atoms with Crippen molar-refractivity contribution in [3.05, 3.63) is 34.6 Å². The van der Waals surface area contributed by atoms with E-state index in [1.807, 2.05) is 0 Å². The molecule has 7 heteroatoms. The summed E-state index contributed by atoms with van der Waals surface area (Å²) >= 11 is 5.87. The van der Waals surface area contributed by atoms with Gasteiger partial charge in [-0.05, 0) is 18.6 Å². The van der Waals surface area contributed by atoms with Crippen LogP contribution in [0.15, 0.2) is 18.2 Å². The first-order chi connectivity index (χ1) is 9.54. The number of nitrogens with one attached hydrogen (secondary N) is 2. The second-order valence-electron chi connectivity index (χ2n) is 4.20. The van der Waals surface area contributed by atoms with Crippen LogP contribution in [-0.4, -0.2) is 44.0 Å². The Morgan fingerprint density at radius 3 is 2.90 bits per heavy atom. The van der Waals surface area contributed by atoms with E-state index in [0.29, 0.717) is 17.0 Å². The first-order valence-corrected chi connectivity index (χ1v) is 6.54. The van der Waals surface area contributed by atoms with Crippen LogP contribution in [0.5, 0.6) is 0 Å². The summed E-state index contributed by atoms with van der Waals surface area (Å²) in [6.07, 6.45) is -0.466. The minimum atomic E-state index is -0.758. The molecule has 0 aliphatic carbocycles. The third-order valence-corrected chi connectivity index (χ3v) is 2.93. The number of hydrogen-bond acceptors (Lipinski definition) is 3. The van der Waals surface area contributed by atoms with E-state index >= 15 is 0 Å². The Morgan fingerprint density at radius 2 is 2.25 bits per heavy atom. The molecule has 0 fully saturated rings. The summed E-state index contributed by atoms with van der Waals surface area (Å²) in [5.41, 5.74) is 0.369. The Balaban J connectivity index is 2.28. The molecule has 112 valence electrons. The Kier molecular flexibility index (Phi) is 7.28. The molecule has 2 amide bonds. The third-order valence-electron chi connectivity index (χ3n) is 2.58. The monoisotopic (exact) mass is 304 g/mol. The topological polar surface area (TPSA) is 70.6 Å². The van der Waals surface area contributed by atoms with Crippen LogP contribution in [-0.2, 0) is 11.2 Å². The van der Waals surface area contributed by atoms with Gasteiger partial charge in [-0.15, -0.1) is 0 Å². The largest absolute Gasteiger partial charge is 0.389 e. The number of benzene rings is 1. The normalized spacial score (nSPS) is 12.0. The van der Waals surface area contributed by atoms with Crippen molar-refractivity contribution in [2.75, 3.05) is 26.8 Å². The number of ether oxygens (including phenoxy) is 1. The SMILES string of the molecule is COCC(O)CNC(=O)NCCc1c(F)cccc1Cl. The van der Waals surface area contributed by atoms with E-state index in [1.165, 1.54) is 19.2 Å². The van der Waals surface area contributed by atoms with Crippen LogP contribution in [0.1, 0.15) is 5.56 Å². The highest BCUT2D eigenvalue weighted by atomic mass is 35.5. The molecule has 0 spiro atoms. The molecular weight excluding hydrogens is 287 g/mol. The van der Waals surface area contributed by atoms with Crippen molar-refractivity contribution < 1.29 is 19.0 Å². The van der Waals surface area contributed by atoms with Gasteiger partial charge in [0.25, 0.3) is 0 Å². The molecule has 5 nitrogen and oxygen atoms in total. The highest BCUT2D eigenvalue weighted by molar-refractivity contribution is 6.31. The Hall–Kier alpha value is -1.37. The lowest BCUT2D eigenvalue weighted by molar-refractivity contribution is 0.0660. The van der Waals surface area contributed by atoms with E-state index in [2.05, 4.69) is 10.6 Å². The summed E-state index contributed by atoms with van der Waals surface area (Å²) in [5, 5.41) is 14.7. The smallest absolute Gasteiger partial charge is 0.314 e. The van der Waals surface area contributed by atoms with Gasteiger partial charge in [-0.1, -0.05) is 17.7 Å². The maximum atomic E-state index is 13.5. The molecule has 0 aliphatic rings. The summed E-state index contributed by atoms with van der Waals surface area (Å²) in [7, 11) is 1.46. The van der Waals surface area contributed by atoms with Crippen LogP contribution in [0.2, 0.25) is 5.02 Å². The van der Waals surface area contributed by atoms with Gasteiger partial charge >= 0.3 is 6.03 Å². The number of carbonyl (C=O) groups excluding carboxylic acids is 1. The van der Waals surface area contributed by atoms with Crippen molar-refractivity contribution in [1.29, 1.82) is 0 Å². The molecule has 0 aromatic heterocycles. The maximum absolute atomic E-state index is 13.5. The van der Waals surface area contributed by atoms with Crippen molar-refractivity contribution in [2.24, 2.45) is 0 Å². The summed E-state index contributed by atoms with van der Waals surface area (Å²) < 4.78 is 18.2. The van der Waals surface area contributed by atoms with E-state index in [0.717, 1.165) is 0 Å². The van der Waals surface area contributed by atoms with Crippen molar-refractivity contribution in [2.45, 2.75) is 12.5 Å². The molecule has 0 saturated carbocycles. The van der Waals surface area contributed by atoms with Crippen LogP contribution in [0.3, 0.4) is 0 Å². The quantitative estimate of drug-likeness (QED) is 0.712. The van der Waals surface area contributed by atoms with E-state index < -0.39 is 18.0 Å². The van der Waals surface area contributed by atoms with Crippen LogP contribution < -0.4 is 10.6 Å². The fourth-order valence-electron chi connectivity index (χ4n) is 1.60. The predicted molar refractivity (Wildman–Crippen MR) is 74.4 cm³/mol. The van der Waals surface area contributed by atoms with Crippen LogP contribution in [0.4, 0.5) is 9.18 Å². The number of hydrogen-bond donors (Lipinski definition) is 3. The summed E-state index contributed by atoms with van der Waals surface area (Å²) in [5.74, 6) is -0.393. The van der Waals surface area contributed by atoms with Crippen molar-refractivity contribution >= 4 is 17.6 Å². The second-order valence-corrected chi connectivity index (χ2v) is 4.60. The minimum Gasteiger partial charge on any atom is -0.389 e. The zero-order chi connectivity index (χ0) is 15.0. The molecule has 0 heterocycles. The van der Waals surface area contributed by atoms with E-state index in [1.54, 1.807) is 6.07 Å². The highest BCUT2D eigenvalue weighted by Gasteiger charge is 2.08. The molecule has 1 aromatic carbocycles. The molecule has 1 rings (SSSR count). The fraction of sp³-hybridized carbons (Fsp3) is 0.462. The average Bonchev–Trinajstić information content (AvgIpc) is 2.40. The number of urea groups is 1. The number of methoxy groups -OCH3 is 1. The number of halogens is 2. The van der Waals surface area contributed by atoms with Gasteiger partial charge in [0.05, 0.1) is 12.7 Å². The fourth-order valence-corrected chi connectivity index (χ4v) is 1.85. The highest BCUT2D eigenvalue weighted by Crippen LogP contribution is 2.18. The van der Waals surface area contributed by atoms with E-state index in [4.69, 9.17) is 16.3 Å². The van der Waals surface area contributed by atoms with E-state index in [9.17, 15) is 14.3 Å².